The molecule has 1 aromatic carbocycles. The topological polar surface area (TPSA) is 52.3 Å². The van der Waals surface area contributed by atoms with Crippen LogP contribution in [0.15, 0.2) is 24.3 Å². The van der Waals surface area contributed by atoms with Crippen LogP contribution >= 0.6 is 0 Å². The summed E-state index contributed by atoms with van der Waals surface area (Å²) in [6.07, 6.45) is 3.24. The molecule has 0 amide bonds. The van der Waals surface area contributed by atoms with Gasteiger partial charge in [-0.3, -0.25) is 4.79 Å². The van der Waals surface area contributed by atoms with E-state index in [1.165, 1.54) is 0 Å². The molecule has 0 unspecified atom stereocenters. The first-order chi connectivity index (χ1) is 7.74. The summed E-state index contributed by atoms with van der Waals surface area (Å²) in [4.78, 5) is 11.1. The number of ether oxygens (including phenoxy) is 1. The zero-order valence-corrected chi connectivity index (χ0v) is 9.74. The van der Waals surface area contributed by atoms with Crippen molar-refractivity contribution in [3.8, 4) is 0 Å². The Kier molecular flexibility index (Phi) is 5.40. The molecule has 0 spiro atoms. The Morgan fingerprint density at radius 3 is 2.75 bits per heavy atom. The monoisotopic (exact) mass is 221 g/mol. The second-order valence-electron chi connectivity index (χ2n) is 3.71. The lowest BCUT2D eigenvalue weighted by molar-refractivity contribution is -0.143. The summed E-state index contributed by atoms with van der Waals surface area (Å²) in [6.45, 7) is 2.28. The lowest BCUT2D eigenvalue weighted by Gasteiger charge is -2.05. The highest BCUT2D eigenvalue weighted by Gasteiger charge is 2.02. The summed E-state index contributed by atoms with van der Waals surface area (Å²) in [7, 11) is 0. The summed E-state index contributed by atoms with van der Waals surface area (Å²) in [5, 5.41) is 0. The summed E-state index contributed by atoms with van der Waals surface area (Å²) in [5.74, 6) is -0.108. The standard InChI is InChI=1S/C13H19NO2/c1-2-16-13(15)10-6-4-8-11-7-3-5-9-12(11)14/h3,5,7,9H,2,4,6,8,10,14H2,1H3. The van der Waals surface area contributed by atoms with Crippen molar-refractivity contribution in [3.05, 3.63) is 29.8 Å². The summed E-state index contributed by atoms with van der Waals surface area (Å²) in [5.41, 5.74) is 7.81. The van der Waals surface area contributed by atoms with Gasteiger partial charge in [-0.25, -0.2) is 0 Å². The first-order valence-electron chi connectivity index (χ1n) is 5.73. The molecule has 1 aromatic rings. The maximum Gasteiger partial charge on any atom is 0.305 e. The highest BCUT2D eigenvalue weighted by molar-refractivity contribution is 5.69. The smallest absolute Gasteiger partial charge is 0.305 e. The Morgan fingerprint density at radius 2 is 2.06 bits per heavy atom. The van der Waals surface area contributed by atoms with Crippen LogP contribution in [-0.4, -0.2) is 12.6 Å². The van der Waals surface area contributed by atoms with E-state index in [-0.39, 0.29) is 5.97 Å². The number of esters is 1. The van der Waals surface area contributed by atoms with Crippen molar-refractivity contribution in [1.82, 2.24) is 0 Å². The van der Waals surface area contributed by atoms with Gasteiger partial charge in [0.1, 0.15) is 0 Å². The van der Waals surface area contributed by atoms with Gasteiger partial charge in [0.2, 0.25) is 0 Å². The molecule has 0 heterocycles. The van der Waals surface area contributed by atoms with Gasteiger partial charge < -0.3 is 10.5 Å². The van der Waals surface area contributed by atoms with Crippen molar-refractivity contribution >= 4 is 11.7 Å². The molecule has 0 aliphatic carbocycles. The van der Waals surface area contributed by atoms with Gasteiger partial charge in [0.25, 0.3) is 0 Å². The van der Waals surface area contributed by atoms with Crippen LogP contribution in [0.2, 0.25) is 0 Å². The van der Waals surface area contributed by atoms with E-state index in [0.29, 0.717) is 13.0 Å². The van der Waals surface area contributed by atoms with Crippen LogP contribution in [-0.2, 0) is 16.0 Å². The molecule has 0 aliphatic heterocycles. The molecule has 0 saturated carbocycles. The van der Waals surface area contributed by atoms with Crippen LogP contribution in [0.25, 0.3) is 0 Å². The third-order valence-corrected chi connectivity index (χ3v) is 2.44. The number of nitrogens with two attached hydrogens (primary N) is 1. The number of anilines is 1. The molecule has 0 bridgehead atoms. The van der Waals surface area contributed by atoms with E-state index < -0.39 is 0 Å². The van der Waals surface area contributed by atoms with Crippen LogP contribution in [0.4, 0.5) is 5.69 Å². The number of benzene rings is 1. The highest BCUT2D eigenvalue weighted by Crippen LogP contribution is 2.14. The van der Waals surface area contributed by atoms with Crippen molar-refractivity contribution in [1.29, 1.82) is 0 Å². The third kappa shape index (κ3) is 4.34. The number of hydrogen-bond acceptors (Lipinski definition) is 3. The number of aryl methyl sites for hydroxylation is 1. The first kappa shape index (κ1) is 12.6. The van der Waals surface area contributed by atoms with Crippen molar-refractivity contribution in [3.63, 3.8) is 0 Å². The van der Waals surface area contributed by atoms with Gasteiger partial charge in [0.15, 0.2) is 0 Å². The summed E-state index contributed by atoms with van der Waals surface area (Å²) in [6, 6.07) is 7.84. The summed E-state index contributed by atoms with van der Waals surface area (Å²) >= 11 is 0. The normalized spacial score (nSPS) is 10.1. The largest absolute Gasteiger partial charge is 0.466 e. The number of carbonyl (C=O) groups excluding carboxylic acids is 1. The molecule has 1 rings (SSSR count). The molecule has 0 aliphatic rings. The fourth-order valence-corrected chi connectivity index (χ4v) is 1.58. The van der Waals surface area contributed by atoms with E-state index in [0.717, 1.165) is 30.5 Å². The molecular formula is C13H19NO2. The summed E-state index contributed by atoms with van der Waals surface area (Å²) < 4.78 is 4.85. The minimum Gasteiger partial charge on any atom is -0.466 e. The van der Waals surface area contributed by atoms with Crippen LogP contribution in [0.1, 0.15) is 31.7 Å². The Hall–Kier alpha value is -1.51. The molecule has 3 nitrogen and oxygen atoms in total. The zero-order valence-electron chi connectivity index (χ0n) is 9.74. The van der Waals surface area contributed by atoms with E-state index >= 15 is 0 Å². The Morgan fingerprint density at radius 1 is 1.31 bits per heavy atom. The molecule has 2 N–H and O–H groups in total. The van der Waals surface area contributed by atoms with Crippen molar-refractivity contribution < 1.29 is 9.53 Å². The van der Waals surface area contributed by atoms with E-state index in [2.05, 4.69) is 0 Å². The second-order valence-corrected chi connectivity index (χ2v) is 3.71. The minimum atomic E-state index is -0.108. The van der Waals surface area contributed by atoms with Crippen molar-refractivity contribution in [2.45, 2.75) is 32.6 Å². The van der Waals surface area contributed by atoms with Gasteiger partial charge >= 0.3 is 5.97 Å². The fourth-order valence-electron chi connectivity index (χ4n) is 1.58. The number of hydrogen-bond donors (Lipinski definition) is 1. The van der Waals surface area contributed by atoms with Gasteiger partial charge in [-0.05, 0) is 37.8 Å². The van der Waals surface area contributed by atoms with E-state index in [9.17, 15) is 4.79 Å². The molecule has 16 heavy (non-hydrogen) atoms. The van der Waals surface area contributed by atoms with E-state index in [4.69, 9.17) is 10.5 Å². The van der Waals surface area contributed by atoms with Crippen LogP contribution in [0.5, 0.6) is 0 Å². The van der Waals surface area contributed by atoms with Crippen molar-refractivity contribution in [2.75, 3.05) is 12.3 Å². The molecular weight excluding hydrogens is 202 g/mol. The average molecular weight is 221 g/mol. The number of nitrogen functional groups attached to an aromatic ring is 1. The van der Waals surface area contributed by atoms with Gasteiger partial charge in [0.05, 0.1) is 6.61 Å². The SMILES string of the molecule is CCOC(=O)CCCCc1ccccc1N. The van der Waals surface area contributed by atoms with E-state index in [1.807, 2.05) is 31.2 Å². The lowest BCUT2D eigenvalue weighted by Crippen LogP contribution is -2.03. The predicted octanol–water partition coefficient (Wildman–Crippen LogP) is 2.54. The highest BCUT2D eigenvalue weighted by atomic mass is 16.5. The number of rotatable bonds is 6. The van der Waals surface area contributed by atoms with Gasteiger partial charge in [-0.15, -0.1) is 0 Å². The fraction of sp³-hybridized carbons (Fsp3) is 0.462. The van der Waals surface area contributed by atoms with Gasteiger partial charge in [-0.1, -0.05) is 18.2 Å². The minimum absolute atomic E-state index is 0.108. The van der Waals surface area contributed by atoms with Gasteiger partial charge in [0, 0.05) is 12.1 Å². The lowest BCUT2D eigenvalue weighted by atomic mass is 10.1. The molecule has 0 fully saturated rings. The van der Waals surface area contributed by atoms with Crippen LogP contribution in [0.3, 0.4) is 0 Å². The average Bonchev–Trinajstić information content (AvgIpc) is 2.27. The zero-order chi connectivity index (χ0) is 11.8. The number of unbranched alkanes of at least 4 members (excludes halogenated alkanes) is 1. The molecule has 88 valence electrons. The maximum absolute atomic E-state index is 11.1. The Bertz CT molecular complexity index is 336. The molecule has 0 aromatic heterocycles. The van der Waals surface area contributed by atoms with Gasteiger partial charge in [-0.2, -0.15) is 0 Å². The molecule has 3 heteroatoms. The molecule has 0 saturated heterocycles. The molecule has 0 atom stereocenters. The van der Waals surface area contributed by atoms with Crippen LogP contribution in [0, 0.1) is 0 Å². The third-order valence-electron chi connectivity index (χ3n) is 2.44. The van der Waals surface area contributed by atoms with E-state index in [1.54, 1.807) is 0 Å². The number of carbonyl (C=O) groups is 1. The Labute approximate surface area is 96.6 Å². The Balaban J connectivity index is 2.21. The maximum atomic E-state index is 11.1. The van der Waals surface area contributed by atoms with Crippen molar-refractivity contribution in [2.24, 2.45) is 0 Å². The predicted molar refractivity (Wildman–Crippen MR) is 65.0 cm³/mol. The number of para-hydroxylation sites is 1. The second kappa shape index (κ2) is 6.88. The molecule has 0 radical (unpaired) electrons. The first-order valence-corrected chi connectivity index (χ1v) is 5.73. The quantitative estimate of drug-likeness (QED) is 0.456. The van der Waals surface area contributed by atoms with Crippen LogP contribution < -0.4 is 5.73 Å².